The molecule has 0 atom stereocenters. The van der Waals surface area contributed by atoms with Gasteiger partial charge in [-0.2, -0.15) is 10.6 Å². The van der Waals surface area contributed by atoms with E-state index in [2.05, 4.69) is 15.9 Å². The molecule has 1 rings (SSSR count). The van der Waals surface area contributed by atoms with Gasteiger partial charge in [0.15, 0.2) is 0 Å². The molecule has 0 bridgehead atoms. The molecule has 2 nitrogen and oxygen atoms in total. The Morgan fingerprint density at radius 3 is 2.20 bits per heavy atom. The van der Waals surface area contributed by atoms with Crippen molar-refractivity contribution in [1.82, 2.24) is 0 Å². The predicted molar refractivity (Wildman–Crippen MR) is 43.2 cm³/mol. The Hall–Kier alpha value is -0.350. The van der Waals surface area contributed by atoms with Crippen LogP contribution in [0.15, 0.2) is 33.6 Å². The van der Waals surface area contributed by atoms with E-state index in [1.807, 2.05) is 0 Å². The first-order valence-corrected chi connectivity index (χ1v) is 4.53. The van der Waals surface area contributed by atoms with Crippen molar-refractivity contribution in [3.8, 4) is 0 Å². The maximum Gasteiger partial charge on any atom is 0.0174 e. The number of benzene rings is 1. The Morgan fingerprint density at radius 1 is 1.30 bits per heavy atom. The fraction of sp³-hybridized carbons (Fsp3) is 0. The van der Waals surface area contributed by atoms with Crippen LogP contribution in [-0.4, -0.2) is 0 Å². The molecule has 0 aliphatic rings. The molecule has 0 saturated heterocycles. The smallest absolute Gasteiger partial charge is 0.0174 e. The summed E-state index contributed by atoms with van der Waals surface area (Å²) in [6.07, 6.45) is 0. The molecule has 0 heterocycles. The summed E-state index contributed by atoms with van der Waals surface area (Å²) in [5.74, 6) is 0. The zero-order chi connectivity index (χ0) is 7.56. The van der Waals surface area contributed by atoms with Gasteiger partial charge < -0.3 is 8.99 Å². The fourth-order valence-corrected chi connectivity index (χ4v) is 1.21. The van der Waals surface area contributed by atoms with Crippen LogP contribution in [0.2, 0.25) is 0 Å². The molecule has 10 heavy (non-hydrogen) atoms. The van der Waals surface area contributed by atoms with E-state index < -0.39 is 10.6 Å². The number of hydrogen-bond donors (Lipinski definition) is 1. The third-order valence-corrected chi connectivity index (χ3v) is 2.26. The van der Waals surface area contributed by atoms with E-state index in [4.69, 9.17) is 4.78 Å². The molecule has 0 radical (unpaired) electrons. The summed E-state index contributed by atoms with van der Waals surface area (Å²) in [5.41, 5.74) is 0. The van der Waals surface area contributed by atoms with Gasteiger partial charge in [-0.05, 0) is 12.1 Å². The Morgan fingerprint density at radius 2 is 1.80 bits per heavy atom. The summed E-state index contributed by atoms with van der Waals surface area (Å²) < 4.78 is 18.3. The van der Waals surface area contributed by atoms with Crippen LogP contribution in [0, 0.1) is 4.78 Å². The van der Waals surface area contributed by atoms with Crippen LogP contribution < -0.4 is 0 Å². The highest BCUT2D eigenvalue weighted by Gasteiger charge is 1.82. The van der Waals surface area contributed by atoms with Crippen LogP contribution in [0.1, 0.15) is 0 Å². The van der Waals surface area contributed by atoms with Crippen LogP contribution in [0.25, 0.3) is 0 Å². The highest BCUT2D eigenvalue weighted by atomic mass is 79.9. The zero-order valence-corrected chi connectivity index (χ0v) is 7.41. The van der Waals surface area contributed by atoms with E-state index in [1.165, 1.54) is 0 Å². The first-order valence-electron chi connectivity index (χ1n) is 2.59. The lowest BCUT2D eigenvalue weighted by Gasteiger charge is -1.99. The SMILES string of the molecule is N=[S-](=O)c1ccc(Br)cc1. The molecule has 4 heteroatoms. The molecular weight excluding hydrogens is 214 g/mol. The normalized spacial score (nSPS) is 10.2. The van der Waals surface area contributed by atoms with Gasteiger partial charge in [-0.15, -0.1) is 0 Å². The Labute approximate surface area is 69.4 Å². The average molecular weight is 219 g/mol. The maximum atomic E-state index is 10.5. The Bertz CT molecular complexity index is 283. The monoisotopic (exact) mass is 218 g/mol. The molecule has 0 aliphatic heterocycles. The van der Waals surface area contributed by atoms with E-state index in [0.29, 0.717) is 4.90 Å². The molecular formula is C6H5BrNOS-. The van der Waals surface area contributed by atoms with Crippen LogP contribution >= 0.6 is 15.9 Å². The van der Waals surface area contributed by atoms with Gasteiger partial charge in [0.25, 0.3) is 0 Å². The van der Waals surface area contributed by atoms with E-state index in [0.717, 1.165) is 4.47 Å². The second-order valence-corrected chi connectivity index (χ2v) is 3.65. The zero-order valence-electron chi connectivity index (χ0n) is 5.00. The highest BCUT2D eigenvalue weighted by Crippen LogP contribution is 2.10. The van der Waals surface area contributed by atoms with E-state index in [1.54, 1.807) is 24.3 Å². The van der Waals surface area contributed by atoms with Crippen molar-refractivity contribution < 1.29 is 4.21 Å². The first-order chi connectivity index (χ1) is 4.70. The first kappa shape index (κ1) is 7.75. The number of halogens is 1. The molecule has 0 unspecified atom stereocenters. The summed E-state index contributed by atoms with van der Waals surface area (Å²) in [7, 11) is -1.61. The third kappa shape index (κ3) is 1.82. The Kier molecular flexibility index (Phi) is 2.45. The summed E-state index contributed by atoms with van der Waals surface area (Å²) >= 11 is 3.23. The van der Waals surface area contributed by atoms with Crippen LogP contribution in [0.4, 0.5) is 0 Å². The van der Waals surface area contributed by atoms with Crippen LogP contribution in [-0.2, 0) is 14.8 Å². The van der Waals surface area contributed by atoms with E-state index >= 15 is 0 Å². The van der Waals surface area contributed by atoms with Gasteiger partial charge in [0.1, 0.15) is 0 Å². The van der Waals surface area contributed by atoms with Crippen LogP contribution in [0.5, 0.6) is 0 Å². The molecule has 1 N–H and O–H groups in total. The van der Waals surface area contributed by atoms with Gasteiger partial charge in [0, 0.05) is 4.47 Å². The van der Waals surface area contributed by atoms with Gasteiger partial charge >= 0.3 is 0 Å². The van der Waals surface area contributed by atoms with E-state index in [9.17, 15) is 4.21 Å². The molecule has 1 aromatic carbocycles. The van der Waals surface area contributed by atoms with E-state index in [-0.39, 0.29) is 0 Å². The largest absolute Gasteiger partial charge is 0.440 e. The van der Waals surface area contributed by atoms with Crippen molar-refractivity contribution in [2.24, 2.45) is 0 Å². The molecule has 0 fully saturated rings. The summed E-state index contributed by atoms with van der Waals surface area (Å²) in [6, 6.07) is 6.85. The van der Waals surface area contributed by atoms with Crippen LogP contribution in [0.3, 0.4) is 0 Å². The fourth-order valence-electron chi connectivity index (χ4n) is 0.558. The van der Waals surface area contributed by atoms with Crippen molar-refractivity contribution in [2.75, 3.05) is 0 Å². The standard InChI is InChI=1S/C6H5BrNOS/c7-5-1-3-6(4-2-5)10(8)9/h1-4,8H/q-1. The lowest BCUT2D eigenvalue weighted by molar-refractivity contribution is 0.599. The van der Waals surface area contributed by atoms with Gasteiger partial charge in [-0.1, -0.05) is 33.0 Å². The van der Waals surface area contributed by atoms with Gasteiger partial charge in [-0.3, -0.25) is 0 Å². The minimum Gasteiger partial charge on any atom is -0.440 e. The topological polar surface area (TPSA) is 40.9 Å². The minimum absolute atomic E-state index is 0.531. The maximum absolute atomic E-state index is 10.5. The van der Waals surface area contributed by atoms with Crippen molar-refractivity contribution in [2.45, 2.75) is 4.90 Å². The number of hydrogen-bond acceptors (Lipinski definition) is 3. The van der Waals surface area contributed by atoms with Gasteiger partial charge in [0.05, 0.1) is 0 Å². The number of rotatable bonds is 1. The summed E-state index contributed by atoms with van der Waals surface area (Å²) in [4.78, 5) is 0.531. The minimum atomic E-state index is -1.61. The Balaban J connectivity index is 3.12. The second kappa shape index (κ2) is 3.16. The lowest BCUT2D eigenvalue weighted by Crippen LogP contribution is -1.74. The van der Waals surface area contributed by atoms with Crippen molar-refractivity contribution in [3.63, 3.8) is 0 Å². The summed E-state index contributed by atoms with van der Waals surface area (Å²) in [5, 5.41) is 0. The van der Waals surface area contributed by atoms with Gasteiger partial charge in [0.2, 0.25) is 0 Å². The highest BCUT2D eigenvalue weighted by molar-refractivity contribution is 9.10. The molecule has 1 aromatic rings. The van der Waals surface area contributed by atoms with Crippen molar-refractivity contribution in [1.29, 1.82) is 4.78 Å². The molecule has 0 amide bonds. The molecule has 54 valence electrons. The average Bonchev–Trinajstić information content (AvgIpc) is 1.88. The molecule has 0 aliphatic carbocycles. The summed E-state index contributed by atoms with van der Waals surface area (Å²) in [6.45, 7) is 0. The third-order valence-electron chi connectivity index (χ3n) is 1.03. The van der Waals surface area contributed by atoms with Crippen molar-refractivity contribution in [3.05, 3.63) is 28.7 Å². The number of nitrogens with one attached hydrogen (secondary N) is 1. The second-order valence-electron chi connectivity index (χ2n) is 1.72. The molecule has 0 aromatic heterocycles. The van der Waals surface area contributed by atoms with Gasteiger partial charge in [-0.25, -0.2) is 0 Å². The predicted octanol–water partition coefficient (Wildman–Crippen LogP) is 2.53. The van der Waals surface area contributed by atoms with Crippen molar-refractivity contribution >= 4 is 26.5 Å². The molecule has 0 spiro atoms. The molecule has 0 saturated carbocycles. The lowest BCUT2D eigenvalue weighted by atomic mass is 10.4. The quantitative estimate of drug-likeness (QED) is 0.724.